The van der Waals surface area contributed by atoms with E-state index < -0.39 is 17.2 Å². The van der Waals surface area contributed by atoms with E-state index in [1.54, 1.807) is 25.2 Å². The molecule has 1 unspecified atom stereocenters. The molecule has 0 bridgehead atoms. The van der Waals surface area contributed by atoms with Gasteiger partial charge in [0.1, 0.15) is 0 Å². The first-order valence-corrected chi connectivity index (χ1v) is 3.94. The first kappa shape index (κ1) is 9.51. The Morgan fingerprint density at radius 1 is 1.46 bits per heavy atom. The van der Waals surface area contributed by atoms with Crippen molar-refractivity contribution in [3.05, 3.63) is 23.8 Å². The first-order valence-electron chi connectivity index (χ1n) is 3.94. The van der Waals surface area contributed by atoms with Crippen LogP contribution in [0.25, 0.3) is 0 Å². The van der Waals surface area contributed by atoms with E-state index in [1.807, 2.05) is 0 Å². The van der Waals surface area contributed by atoms with Gasteiger partial charge in [-0.3, -0.25) is 9.59 Å². The minimum absolute atomic E-state index is 0.286. The molecule has 70 valence electrons. The number of carbonyl (C=O) groups excluding carboxylic acids is 2. The van der Waals surface area contributed by atoms with E-state index in [-0.39, 0.29) is 6.42 Å². The van der Waals surface area contributed by atoms with E-state index in [4.69, 9.17) is 11.5 Å². The predicted octanol–water partition coefficient (Wildman–Crippen LogP) is -0.150. The summed E-state index contributed by atoms with van der Waals surface area (Å²) in [4.78, 5) is 21.9. The van der Waals surface area contributed by atoms with Crippen LogP contribution in [0.4, 0.5) is 0 Å². The van der Waals surface area contributed by atoms with Crippen LogP contribution in [0, 0.1) is 5.41 Å². The summed E-state index contributed by atoms with van der Waals surface area (Å²) < 4.78 is 0. The molecule has 1 aliphatic rings. The molecule has 0 heterocycles. The molecule has 4 heteroatoms. The standard InChI is InChI=1S/C9H12N2O2/c1-9(8(11)13)4-2-3-6(5-9)7(10)12/h2-4H,5H2,1H3,(H2,10,12)(H2,11,13). The fraction of sp³-hybridized carbons (Fsp3) is 0.333. The van der Waals surface area contributed by atoms with Crippen molar-refractivity contribution < 1.29 is 9.59 Å². The Kier molecular flexibility index (Phi) is 2.23. The number of rotatable bonds is 2. The summed E-state index contributed by atoms with van der Waals surface area (Å²) in [6.45, 7) is 1.68. The lowest BCUT2D eigenvalue weighted by Gasteiger charge is -2.24. The first-order chi connectivity index (χ1) is 5.96. The highest BCUT2D eigenvalue weighted by atomic mass is 16.1. The minimum atomic E-state index is -0.779. The molecule has 0 fully saturated rings. The maximum absolute atomic E-state index is 11.0. The summed E-state index contributed by atoms with van der Waals surface area (Å²) in [5.41, 5.74) is 9.94. The third-order valence-electron chi connectivity index (χ3n) is 2.20. The molecular weight excluding hydrogens is 168 g/mol. The summed E-state index contributed by atoms with van der Waals surface area (Å²) >= 11 is 0. The van der Waals surface area contributed by atoms with E-state index >= 15 is 0 Å². The molecule has 0 saturated heterocycles. The molecule has 0 aromatic carbocycles. The number of hydrogen-bond donors (Lipinski definition) is 2. The number of amides is 2. The van der Waals surface area contributed by atoms with Crippen LogP contribution in [0.2, 0.25) is 0 Å². The van der Waals surface area contributed by atoms with Crippen molar-refractivity contribution in [3.8, 4) is 0 Å². The van der Waals surface area contributed by atoms with Crippen molar-refractivity contribution in [2.24, 2.45) is 16.9 Å². The maximum Gasteiger partial charge on any atom is 0.244 e. The Bertz CT molecular complexity index is 318. The van der Waals surface area contributed by atoms with Crippen LogP contribution in [-0.4, -0.2) is 11.8 Å². The van der Waals surface area contributed by atoms with E-state index in [0.29, 0.717) is 5.57 Å². The Balaban J connectivity index is 2.92. The molecule has 0 radical (unpaired) electrons. The Hall–Kier alpha value is -1.58. The minimum Gasteiger partial charge on any atom is -0.369 e. The number of primary amides is 2. The molecule has 0 aliphatic heterocycles. The van der Waals surface area contributed by atoms with Gasteiger partial charge in [-0.2, -0.15) is 0 Å². The summed E-state index contributed by atoms with van der Waals surface area (Å²) in [7, 11) is 0. The molecule has 1 atom stereocenters. The molecule has 4 N–H and O–H groups in total. The lowest BCUT2D eigenvalue weighted by Crippen LogP contribution is -2.35. The van der Waals surface area contributed by atoms with Gasteiger partial charge in [-0.05, 0) is 13.3 Å². The number of nitrogens with two attached hydrogens (primary N) is 2. The SMILES string of the molecule is CC1(C(N)=O)C=CC=C(C(N)=O)C1. The Morgan fingerprint density at radius 2 is 2.08 bits per heavy atom. The van der Waals surface area contributed by atoms with Gasteiger partial charge in [0, 0.05) is 5.57 Å². The predicted molar refractivity (Wildman–Crippen MR) is 48.3 cm³/mol. The zero-order chi connectivity index (χ0) is 10.1. The molecule has 0 aromatic heterocycles. The average Bonchev–Trinajstić information content (AvgIpc) is 2.04. The highest BCUT2D eigenvalue weighted by Crippen LogP contribution is 2.30. The van der Waals surface area contributed by atoms with Gasteiger partial charge in [-0.15, -0.1) is 0 Å². The number of carbonyl (C=O) groups is 2. The molecule has 13 heavy (non-hydrogen) atoms. The summed E-state index contributed by atoms with van der Waals surface area (Å²) in [6, 6.07) is 0. The van der Waals surface area contributed by atoms with E-state index in [0.717, 1.165) is 0 Å². The van der Waals surface area contributed by atoms with Gasteiger partial charge in [0.2, 0.25) is 11.8 Å². The molecule has 4 nitrogen and oxygen atoms in total. The molecule has 1 aliphatic carbocycles. The smallest absolute Gasteiger partial charge is 0.244 e. The van der Waals surface area contributed by atoms with E-state index in [9.17, 15) is 9.59 Å². The molecule has 0 aromatic rings. The summed E-state index contributed by atoms with van der Waals surface area (Å²) in [5.74, 6) is -0.951. The van der Waals surface area contributed by atoms with Gasteiger partial charge in [0.05, 0.1) is 5.41 Å². The fourth-order valence-corrected chi connectivity index (χ4v) is 1.23. The van der Waals surface area contributed by atoms with Gasteiger partial charge in [0.15, 0.2) is 0 Å². The van der Waals surface area contributed by atoms with Crippen LogP contribution in [0.5, 0.6) is 0 Å². The van der Waals surface area contributed by atoms with Crippen LogP contribution in [0.1, 0.15) is 13.3 Å². The van der Waals surface area contributed by atoms with Crippen LogP contribution >= 0.6 is 0 Å². The van der Waals surface area contributed by atoms with Crippen LogP contribution in [0.3, 0.4) is 0 Å². The molecular formula is C9H12N2O2. The van der Waals surface area contributed by atoms with Gasteiger partial charge in [0.25, 0.3) is 0 Å². The van der Waals surface area contributed by atoms with Crippen molar-refractivity contribution in [1.82, 2.24) is 0 Å². The van der Waals surface area contributed by atoms with Crippen molar-refractivity contribution >= 4 is 11.8 Å². The zero-order valence-corrected chi connectivity index (χ0v) is 7.41. The number of allylic oxidation sites excluding steroid dienone is 2. The van der Waals surface area contributed by atoms with Crippen LogP contribution in [-0.2, 0) is 9.59 Å². The fourth-order valence-electron chi connectivity index (χ4n) is 1.23. The van der Waals surface area contributed by atoms with Gasteiger partial charge < -0.3 is 11.5 Å². The molecule has 2 amide bonds. The highest BCUT2D eigenvalue weighted by Gasteiger charge is 2.31. The van der Waals surface area contributed by atoms with Crippen molar-refractivity contribution in [2.45, 2.75) is 13.3 Å². The monoisotopic (exact) mass is 180 g/mol. The van der Waals surface area contributed by atoms with Gasteiger partial charge >= 0.3 is 0 Å². The normalized spacial score (nSPS) is 26.7. The quantitative estimate of drug-likeness (QED) is 0.619. The van der Waals surface area contributed by atoms with Gasteiger partial charge in [-0.1, -0.05) is 18.2 Å². The Morgan fingerprint density at radius 3 is 2.54 bits per heavy atom. The molecule has 0 spiro atoms. The van der Waals surface area contributed by atoms with Crippen molar-refractivity contribution in [1.29, 1.82) is 0 Å². The third-order valence-corrected chi connectivity index (χ3v) is 2.20. The average molecular weight is 180 g/mol. The topological polar surface area (TPSA) is 86.2 Å². The second kappa shape index (κ2) is 3.05. The highest BCUT2D eigenvalue weighted by molar-refractivity contribution is 5.95. The van der Waals surface area contributed by atoms with Crippen molar-refractivity contribution in [2.75, 3.05) is 0 Å². The van der Waals surface area contributed by atoms with E-state index in [1.165, 1.54) is 0 Å². The lowest BCUT2D eigenvalue weighted by atomic mass is 9.79. The Labute approximate surface area is 76.3 Å². The van der Waals surface area contributed by atoms with Gasteiger partial charge in [-0.25, -0.2) is 0 Å². The lowest BCUT2D eigenvalue weighted by molar-refractivity contribution is -0.124. The summed E-state index contributed by atoms with van der Waals surface area (Å²) in [6.07, 6.45) is 5.21. The van der Waals surface area contributed by atoms with Crippen LogP contribution < -0.4 is 11.5 Å². The summed E-state index contributed by atoms with van der Waals surface area (Å²) in [5, 5.41) is 0. The molecule has 0 saturated carbocycles. The zero-order valence-electron chi connectivity index (χ0n) is 7.41. The van der Waals surface area contributed by atoms with E-state index in [2.05, 4.69) is 0 Å². The number of hydrogen-bond acceptors (Lipinski definition) is 2. The van der Waals surface area contributed by atoms with Crippen molar-refractivity contribution in [3.63, 3.8) is 0 Å². The van der Waals surface area contributed by atoms with Crippen LogP contribution in [0.15, 0.2) is 23.8 Å². The second-order valence-electron chi connectivity index (χ2n) is 3.37. The third kappa shape index (κ3) is 1.77. The maximum atomic E-state index is 11.0. The molecule has 1 rings (SSSR count). The largest absolute Gasteiger partial charge is 0.369 e. The second-order valence-corrected chi connectivity index (χ2v) is 3.37.